The molecule has 0 saturated heterocycles. The molecule has 0 fully saturated rings. The summed E-state index contributed by atoms with van der Waals surface area (Å²) in [5, 5.41) is 8.53. The number of esters is 1. The average Bonchev–Trinajstić information content (AvgIpc) is 2.24. The first-order valence-electron chi connectivity index (χ1n) is 6.02. The Labute approximate surface area is 107 Å². The lowest BCUT2D eigenvalue weighted by atomic mass is 10.2. The zero-order valence-electron chi connectivity index (χ0n) is 11.1. The molecule has 0 aliphatic carbocycles. The molecule has 0 aromatic carbocycles. The van der Waals surface area contributed by atoms with Gasteiger partial charge < -0.3 is 14.7 Å². The van der Waals surface area contributed by atoms with Crippen LogP contribution in [0.4, 0.5) is 0 Å². The Hall–Kier alpha value is -1.59. The molecule has 1 amide bonds. The maximum absolute atomic E-state index is 11.8. The van der Waals surface area contributed by atoms with Crippen molar-refractivity contribution in [1.82, 2.24) is 4.90 Å². The van der Waals surface area contributed by atoms with Gasteiger partial charge in [-0.05, 0) is 12.8 Å². The molecular formula is C12H21NO5. The molecule has 0 saturated carbocycles. The lowest BCUT2D eigenvalue weighted by molar-refractivity contribution is -0.149. The van der Waals surface area contributed by atoms with Gasteiger partial charge in [0.2, 0.25) is 5.91 Å². The lowest BCUT2D eigenvalue weighted by Crippen LogP contribution is -2.39. The predicted octanol–water partition coefficient (Wildman–Crippen LogP) is 0.899. The van der Waals surface area contributed by atoms with Crippen molar-refractivity contribution in [2.24, 2.45) is 5.92 Å². The fourth-order valence-electron chi connectivity index (χ4n) is 1.43. The number of hydrogen-bond donors (Lipinski definition) is 1. The smallest absolute Gasteiger partial charge is 0.325 e. The lowest BCUT2D eigenvalue weighted by Gasteiger charge is -2.23. The van der Waals surface area contributed by atoms with Crippen LogP contribution >= 0.6 is 0 Å². The highest BCUT2D eigenvalue weighted by atomic mass is 16.5. The summed E-state index contributed by atoms with van der Waals surface area (Å²) < 4.78 is 4.78. The summed E-state index contributed by atoms with van der Waals surface area (Å²) in [6, 6.07) is 0. The number of hydrogen-bond acceptors (Lipinski definition) is 4. The van der Waals surface area contributed by atoms with Crippen molar-refractivity contribution in [1.29, 1.82) is 0 Å². The second-order valence-corrected chi connectivity index (χ2v) is 4.37. The van der Waals surface area contributed by atoms with Gasteiger partial charge in [-0.1, -0.05) is 13.8 Å². The number of carbonyl (C=O) groups is 3. The van der Waals surface area contributed by atoms with Crippen molar-refractivity contribution in [3.8, 4) is 0 Å². The molecule has 104 valence electrons. The van der Waals surface area contributed by atoms with Gasteiger partial charge in [-0.2, -0.15) is 0 Å². The Morgan fingerprint density at radius 1 is 1.22 bits per heavy atom. The summed E-state index contributed by atoms with van der Waals surface area (Å²) in [5.41, 5.74) is 0. The number of amides is 1. The molecule has 0 unspecified atom stereocenters. The molecule has 0 radical (unpaired) electrons. The Balaban J connectivity index is 4.41. The van der Waals surface area contributed by atoms with Gasteiger partial charge >= 0.3 is 11.9 Å². The van der Waals surface area contributed by atoms with Gasteiger partial charge in [0.25, 0.3) is 0 Å². The number of carbonyl (C=O) groups excluding carboxylic acids is 2. The molecule has 18 heavy (non-hydrogen) atoms. The van der Waals surface area contributed by atoms with E-state index in [9.17, 15) is 14.4 Å². The normalized spacial score (nSPS) is 10.2. The largest absolute Gasteiger partial charge is 0.481 e. The zero-order valence-corrected chi connectivity index (χ0v) is 11.1. The van der Waals surface area contributed by atoms with Crippen molar-refractivity contribution in [3.63, 3.8) is 0 Å². The van der Waals surface area contributed by atoms with Crippen molar-refractivity contribution in [2.45, 2.75) is 33.6 Å². The topological polar surface area (TPSA) is 83.9 Å². The van der Waals surface area contributed by atoms with Gasteiger partial charge in [0.1, 0.15) is 6.54 Å². The molecule has 0 spiro atoms. The highest BCUT2D eigenvalue weighted by molar-refractivity contribution is 5.84. The van der Waals surface area contributed by atoms with Crippen molar-refractivity contribution < 1.29 is 24.2 Å². The number of ether oxygens (including phenoxy) is 1. The summed E-state index contributed by atoms with van der Waals surface area (Å²) in [5.74, 6) is -1.63. The van der Waals surface area contributed by atoms with Crippen LogP contribution in [0, 0.1) is 5.92 Å². The van der Waals surface area contributed by atoms with Crippen LogP contribution in [-0.4, -0.2) is 47.5 Å². The number of carboxylic acids is 1. The maximum Gasteiger partial charge on any atom is 0.325 e. The van der Waals surface area contributed by atoms with Crippen LogP contribution in [0.25, 0.3) is 0 Å². The van der Waals surface area contributed by atoms with Crippen LogP contribution in [0.3, 0.4) is 0 Å². The fourth-order valence-corrected chi connectivity index (χ4v) is 1.43. The van der Waals surface area contributed by atoms with Gasteiger partial charge in [0.15, 0.2) is 0 Å². The summed E-state index contributed by atoms with van der Waals surface area (Å²) in [6.07, 6.45) is -0.322. The third-order valence-corrected chi connectivity index (χ3v) is 2.12. The Morgan fingerprint density at radius 3 is 2.28 bits per heavy atom. The fraction of sp³-hybridized carbons (Fsp3) is 0.750. The van der Waals surface area contributed by atoms with Gasteiger partial charge in [0.05, 0.1) is 13.0 Å². The molecule has 0 aromatic heterocycles. The quantitative estimate of drug-likeness (QED) is 0.655. The highest BCUT2D eigenvalue weighted by Crippen LogP contribution is 2.04. The SMILES string of the molecule is CCOC(=O)CN(CC(C)C)C(=O)CCC(=O)O. The Morgan fingerprint density at radius 2 is 1.83 bits per heavy atom. The first-order valence-corrected chi connectivity index (χ1v) is 6.02. The van der Waals surface area contributed by atoms with E-state index < -0.39 is 11.9 Å². The monoisotopic (exact) mass is 259 g/mol. The second kappa shape index (κ2) is 8.49. The second-order valence-electron chi connectivity index (χ2n) is 4.37. The van der Waals surface area contributed by atoms with E-state index in [-0.39, 0.29) is 37.8 Å². The van der Waals surface area contributed by atoms with E-state index in [1.807, 2.05) is 13.8 Å². The molecule has 0 rings (SSSR count). The molecular weight excluding hydrogens is 238 g/mol. The third kappa shape index (κ3) is 7.65. The first kappa shape index (κ1) is 16.4. The van der Waals surface area contributed by atoms with Gasteiger partial charge in [-0.3, -0.25) is 14.4 Å². The number of aliphatic carboxylic acids is 1. The van der Waals surface area contributed by atoms with Crippen LogP contribution in [0.15, 0.2) is 0 Å². The van der Waals surface area contributed by atoms with E-state index in [1.54, 1.807) is 6.92 Å². The zero-order chi connectivity index (χ0) is 14.1. The molecule has 0 atom stereocenters. The number of rotatable bonds is 8. The first-order chi connectivity index (χ1) is 8.36. The summed E-state index contributed by atoms with van der Waals surface area (Å²) in [7, 11) is 0. The minimum absolute atomic E-state index is 0.0958. The van der Waals surface area contributed by atoms with Crippen molar-refractivity contribution >= 4 is 17.8 Å². The molecule has 0 aliphatic rings. The van der Waals surface area contributed by atoms with Gasteiger partial charge in [0, 0.05) is 13.0 Å². The van der Waals surface area contributed by atoms with E-state index in [2.05, 4.69) is 0 Å². The molecule has 6 nitrogen and oxygen atoms in total. The molecule has 0 aliphatic heterocycles. The van der Waals surface area contributed by atoms with E-state index in [0.717, 1.165) is 0 Å². The van der Waals surface area contributed by atoms with Crippen LogP contribution < -0.4 is 0 Å². The van der Waals surface area contributed by atoms with Gasteiger partial charge in [-0.15, -0.1) is 0 Å². The standard InChI is InChI=1S/C12H21NO5/c1-4-18-12(17)8-13(7-9(2)3)10(14)5-6-11(15)16/h9H,4-8H2,1-3H3,(H,15,16). The van der Waals surface area contributed by atoms with E-state index in [1.165, 1.54) is 4.90 Å². The minimum Gasteiger partial charge on any atom is -0.481 e. The molecule has 0 heterocycles. The van der Waals surface area contributed by atoms with E-state index in [4.69, 9.17) is 9.84 Å². The van der Waals surface area contributed by atoms with Crippen LogP contribution in [0.2, 0.25) is 0 Å². The highest BCUT2D eigenvalue weighted by Gasteiger charge is 2.19. The minimum atomic E-state index is -1.02. The van der Waals surface area contributed by atoms with E-state index in [0.29, 0.717) is 6.54 Å². The molecule has 0 aromatic rings. The van der Waals surface area contributed by atoms with Crippen LogP contribution in [0.1, 0.15) is 33.6 Å². The molecule has 0 bridgehead atoms. The third-order valence-electron chi connectivity index (χ3n) is 2.12. The summed E-state index contributed by atoms with van der Waals surface area (Å²) in [6.45, 7) is 6.08. The predicted molar refractivity (Wildman–Crippen MR) is 64.9 cm³/mol. The number of nitrogens with zero attached hydrogens (tertiary/aromatic N) is 1. The van der Waals surface area contributed by atoms with Crippen molar-refractivity contribution in [3.05, 3.63) is 0 Å². The van der Waals surface area contributed by atoms with Crippen molar-refractivity contribution in [2.75, 3.05) is 19.7 Å². The maximum atomic E-state index is 11.8. The molecule has 6 heteroatoms. The van der Waals surface area contributed by atoms with Crippen LogP contribution in [-0.2, 0) is 19.1 Å². The summed E-state index contributed by atoms with van der Waals surface area (Å²) >= 11 is 0. The Bertz CT molecular complexity index is 301. The molecule has 1 N–H and O–H groups in total. The average molecular weight is 259 g/mol. The van der Waals surface area contributed by atoms with E-state index >= 15 is 0 Å². The van der Waals surface area contributed by atoms with Gasteiger partial charge in [-0.25, -0.2) is 0 Å². The number of carboxylic acid groups (broad SMARTS) is 1. The summed E-state index contributed by atoms with van der Waals surface area (Å²) in [4.78, 5) is 34.9. The van der Waals surface area contributed by atoms with Crippen LogP contribution in [0.5, 0.6) is 0 Å². The Kier molecular flexibility index (Phi) is 7.74.